The topological polar surface area (TPSA) is 84.9 Å². The first-order valence-corrected chi connectivity index (χ1v) is 11.9. The summed E-state index contributed by atoms with van der Waals surface area (Å²) < 4.78 is 39.4. The summed E-state index contributed by atoms with van der Waals surface area (Å²) in [5.41, 5.74) is 2.95. The molecule has 3 aromatic rings. The molecule has 1 amide bonds. The monoisotopic (exact) mass is 450 g/mol. The van der Waals surface area contributed by atoms with Crippen LogP contribution in [0.2, 0.25) is 0 Å². The van der Waals surface area contributed by atoms with Crippen LogP contribution in [-0.2, 0) is 16.4 Å². The smallest absolute Gasteiger partial charge is 0.262 e. The number of hydrogen-bond donors (Lipinski definition) is 1. The summed E-state index contributed by atoms with van der Waals surface area (Å²) in [6.45, 7) is 1.64. The third-order valence-electron chi connectivity index (χ3n) is 5.55. The summed E-state index contributed by atoms with van der Waals surface area (Å²) in [5, 5.41) is 0. The van der Waals surface area contributed by atoms with Gasteiger partial charge in [-0.25, -0.2) is 8.42 Å². The molecule has 5 rings (SSSR count). The summed E-state index contributed by atoms with van der Waals surface area (Å²) in [6, 6.07) is 18.9. The highest BCUT2D eigenvalue weighted by atomic mass is 32.2. The van der Waals surface area contributed by atoms with Crippen molar-refractivity contribution in [2.24, 2.45) is 0 Å². The molecule has 0 fully saturated rings. The molecule has 0 saturated heterocycles. The third-order valence-corrected chi connectivity index (χ3v) is 6.92. The molecule has 0 atom stereocenters. The van der Waals surface area contributed by atoms with Crippen molar-refractivity contribution in [3.63, 3.8) is 0 Å². The number of anilines is 2. The summed E-state index contributed by atoms with van der Waals surface area (Å²) >= 11 is 0. The van der Waals surface area contributed by atoms with Crippen molar-refractivity contribution >= 4 is 27.3 Å². The van der Waals surface area contributed by atoms with Crippen LogP contribution in [0.25, 0.3) is 0 Å². The second-order valence-electron chi connectivity index (χ2n) is 7.68. The molecule has 0 spiro atoms. The molecule has 0 saturated carbocycles. The Bertz CT molecular complexity index is 1270. The molecule has 7 nitrogen and oxygen atoms in total. The zero-order chi connectivity index (χ0) is 22.1. The maximum atomic E-state index is 13.0. The Morgan fingerprint density at radius 2 is 1.66 bits per heavy atom. The van der Waals surface area contributed by atoms with E-state index >= 15 is 0 Å². The lowest BCUT2D eigenvalue weighted by molar-refractivity contribution is 0.0989. The standard InChI is InChI=1S/C24H22N2O5S/c27-24(26-13-12-17-4-1-2-5-21(17)26)18-6-8-19(9-7-18)25-32(28,29)20-10-11-22-23(16-20)31-15-3-14-30-22/h1-2,4-11,16,25H,3,12-15H2. The van der Waals surface area contributed by atoms with E-state index in [4.69, 9.17) is 9.47 Å². The van der Waals surface area contributed by atoms with E-state index in [1.54, 1.807) is 35.2 Å². The number of rotatable bonds is 4. The van der Waals surface area contributed by atoms with E-state index in [9.17, 15) is 13.2 Å². The second-order valence-corrected chi connectivity index (χ2v) is 9.36. The zero-order valence-electron chi connectivity index (χ0n) is 17.3. The van der Waals surface area contributed by atoms with Gasteiger partial charge in [0.2, 0.25) is 0 Å². The molecular weight excluding hydrogens is 428 g/mol. The predicted molar refractivity (Wildman–Crippen MR) is 121 cm³/mol. The summed E-state index contributed by atoms with van der Waals surface area (Å²) in [4.78, 5) is 14.8. The van der Waals surface area contributed by atoms with Gasteiger partial charge in [0.1, 0.15) is 0 Å². The first-order valence-electron chi connectivity index (χ1n) is 10.4. The van der Waals surface area contributed by atoms with Gasteiger partial charge in [0, 0.05) is 36.0 Å². The molecule has 2 heterocycles. The van der Waals surface area contributed by atoms with Gasteiger partial charge in [-0.2, -0.15) is 0 Å². The Morgan fingerprint density at radius 3 is 2.47 bits per heavy atom. The van der Waals surface area contributed by atoms with Crippen molar-refractivity contribution < 1.29 is 22.7 Å². The molecule has 2 aliphatic heterocycles. The Morgan fingerprint density at radius 1 is 0.906 bits per heavy atom. The molecule has 0 bridgehead atoms. The molecule has 0 aliphatic carbocycles. The normalized spacial score (nSPS) is 15.1. The molecule has 2 aliphatic rings. The maximum Gasteiger partial charge on any atom is 0.262 e. The summed E-state index contributed by atoms with van der Waals surface area (Å²) in [6.07, 6.45) is 1.57. The van der Waals surface area contributed by atoms with Crippen molar-refractivity contribution in [1.82, 2.24) is 0 Å². The van der Waals surface area contributed by atoms with Crippen LogP contribution < -0.4 is 19.1 Å². The van der Waals surface area contributed by atoms with Crippen LogP contribution in [-0.4, -0.2) is 34.1 Å². The van der Waals surface area contributed by atoms with Gasteiger partial charge in [0.25, 0.3) is 15.9 Å². The van der Waals surface area contributed by atoms with Crippen LogP contribution in [0, 0.1) is 0 Å². The second kappa shape index (κ2) is 8.20. The van der Waals surface area contributed by atoms with Gasteiger partial charge in [0.15, 0.2) is 11.5 Å². The van der Waals surface area contributed by atoms with E-state index in [1.165, 1.54) is 12.1 Å². The van der Waals surface area contributed by atoms with Gasteiger partial charge in [-0.1, -0.05) is 18.2 Å². The zero-order valence-corrected chi connectivity index (χ0v) is 18.1. The van der Waals surface area contributed by atoms with Crippen molar-refractivity contribution in [1.29, 1.82) is 0 Å². The van der Waals surface area contributed by atoms with Crippen molar-refractivity contribution in [2.45, 2.75) is 17.7 Å². The highest BCUT2D eigenvalue weighted by Crippen LogP contribution is 2.33. The van der Waals surface area contributed by atoms with E-state index in [2.05, 4.69) is 4.72 Å². The quantitative estimate of drug-likeness (QED) is 0.653. The van der Waals surface area contributed by atoms with Gasteiger partial charge >= 0.3 is 0 Å². The van der Waals surface area contributed by atoms with Gasteiger partial charge < -0.3 is 14.4 Å². The number of sulfonamides is 1. The number of carbonyl (C=O) groups excluding carboxylic acids is 1. The summed E-state index contributed by atoms with van der Waals surface area (Å²) in [7, 11) is -3.83. The Kier molecular flexibility index (Phi) is 5.22. The molecule has 0 radical (unpaired) electrons. The van der Waals surface area contributed by atoms with Gasteiger partial charge in [-0.15, -0.1) is 0 Å². The van der Waals surface area contributed by atoms with Crippen LogP contribution in [0.5, 0.6) is 11.5 Å². The highest BCUT2D eigenvalue weighted by Gasteiger charge is 2.25. The molecule has 1 N–H and O–H groups in total. The van der Waals surface area contributed by atoms with Crippen LogP contribution >= 0.6 is 0 Å². The number of nitrogens with one attached hydrogen (secondary N) is 1. The SMILES string of the molecule is O=C(c1ccc(NS(=O)(=O)c2ccc3c(c2)OCCCO3)cc1)N1CCc2ccccc21. The first kappa shape index (κ1) is 20.4. The Labute approximate surface area is 186 Å². The van der Waals surface area contributed by atoms with E-state index in [0.29, 0.717) is 42.5 Å². The number of benzene rings is 3. The lowest BCUT2D eigenvalue weighted by atomic mass is 10.1. The third kappa shape index (κ3) is 3.89. The molecule has 8 heteroatoms. The number of hydrogen-bond acceptors (Lipinski definition) is 5. The minimum Gasteiger partial charge on any atom is -0.490 e. The molecular formula is C24H22N2O5S. The van der Waals surface area contributed by atoms with E-state index in [0.717, 1.165) is 24.1 Å². The molecule has 3 aromatic carbocycles. The summed E-state index contributed by atoms with van der Waals surface area (Å²) in [5.74, 6) is 0.845. The largest absolute Gasteiger partial charge is 0.490 e. The average Bonchev–Trinajstić information content (AvgIpc) is 3.09. The highest BCUT2D eigenvalue weighted by molar-refractivity contribution is 7.92. The lowest BCUT2D eigenvalue weighted by Gasteiger charge is -2.17. The molecule has 164 valence electrons. The average molecular weight is 451 g/mol. The van der Waals surface area contributed by atoms with Crippen LogP contribution in [0.1, 0.15) is 22.3 Å². The Balaban J connectivity index is 1.32. The predicted octanol–water partition coefficient (Wildman–Crippen LogP) is 3.85. The minimum atomic E-state index is -3.83. The van der Waals surface area contributed by atoms with Crippen LogP contribution in [0.3, 0.4) is 0 Å². The van der Waals surface area contributed by atoms with Gasteiger partial charge in [-0.3, -0.25) is 9.52 Å². The fourth-order valence-corrected chi connectivity index (χ4v) is 4.98. The van der Waals surface area contributed by atoms with Gasteiger partial charge in [0.05, 0.1) is 18.1 Å². The number of para-hydroxylation sites is 1. The fourth-order valence-electron chi connectivity index (χ4n) is 3.91. The van der Waals surface area contributed by atoms with Crippen molar-refractivity contribution in [3.05, 3.63) is 77.9 Å². The molecule has 0 aromatic heterocycles. The molecule has 0 unspecified atom stereocenters. The Hall–Kier alpha value is -3.52. The number of carbonyl (C=O) groups is 1. The molecule has 32 heavy (non-hydrogen) atoms. The lowest BCUT2D eigenvalue weighted by Crippen LogP contribution is -2.28. The first-order chi connectivity index (χ1) is 15.5. The van der Waals surface area contributed by atoms with Crippen molar-refractivity contribution in [3.8, 4) is 11.5 Å². The number of fused-ring (bicyclic) bond motifs is 2. The number of nitrogens with zero attached hydrogens (tertiary/aromatic N) is 1. The fraction of sp³-hybridized carbons (Fsp3) is 0.208. The van der Waals surface area contributed by atoms with E-state index in [-0.39, 0.29) is 10.8 Å². The minimum absolute atomic E-state index is 0.0792. The van der Waals surface area contributed by atoms with Crippen LogP contribution in [0.15, 0.2) is 71.6 Å². The van der Waals surface area contributed by atoms with Crippen molar-refractivity contribution in [2.75, 3.05) is 29.4 Å². The van der Waals surface area contributed by atoms with E-state index in [1.807, 2.05) is 24.3 Å². The number of ether oxygens (including phenoxy) is 2. The number of amides is 1. The van der Waals surface area contributed by atoms with Gasteiger partial charge in [-0.05, 0) is 54.4 Å². The van der Waals surface area contributed by atoms with E-state index < -0.39 is 10.0 Å². The van der Waals surface area contributed by atoms with Crippen LogP contribution in [0.4, 0.5) is 11.4 Å². The maximum absolute atomic E-state index is 13.0.